The predicted octanol–water partition coefficient (Wildman–Crippen LogP) is 4.86. The third kappa shape index (κ3) is 5.60. The van der Waals surface area contributed by atoms with E-state index in [9.17, 15) is 10.1 Å². The predicted molar refractivity (Wildman–Crippen MR) is 126 cm³/mol. The molecule has 1 aromatic heterocycles. The van der Waals surface area contributed by atoms with Gasteiger partial charge >= 0.3 is 0 Å². The maximum Gasteiger partial charge on any atom is 0.220 e. The molecule has 0 spiro atoms. The Hall–Kier alpha value is -3.03. The number of aromatic nitrogens is 3. The van der Waals surface area contributed by atoms with Crippen LogP contribution in [0.1, 0.15) is 23.6 Å². The highest BCUT2D eigenvalue weighted by Crippen LogP contribution is 2.43. The summed E-state index contributed by atoms with van der Waals surface area (Å²) in [4.78, 5) is 11.2. The summed E-state index contributed by atoms with van der Waals surface area (Å²) < 4.78 is 13.8. The Morgan fingerprint density at radius 1 is 1.28 bits per heavy atom. The lowest BCUT2D eigenvalue weighted by Gasteiger charge is -2.18. The zero-order chi connectivity index (χ0) is 23.1. The number of aryl methyl sites for hydroxylation is 1. The van der Waals surface area contributed by atoms with Crippen LogP contribution in [0.3, 0.4) is 0 Å². The van der Waals surface area contributed by atoms with Gasteiger partial charge in [0.05, 0.1) is 11.1 Å². The van der Waals surface area contributed by atoms with Gasteiger partial charge in [-0.15, -0.1) is 16.6 Å². The van der Waals surface area contributed by atoms with E-state index in [2.05, 4.69) is 32.0 Å². The molecular weight excluding hydrogens is 496 g/mol. The van der Waals surface area contributed by atoms with E-state index in [0.717, 1.165) is 5.69 Å². The zero-order valence-corrected chi connectivity index (χ0v) is 19.9. The molecule has 2 aromatic carbocycles. The van der Waals surface area contributed by atoms with Crippen molar-refractivity contribution in [3.63, 3.8) is 0 Å². The van der Waals surface area contributed by atoms with Crippen LogP contribution in [0, 0.1) is 29.4 Å². The van der Waals surface area contributed by atoms with Crippen molar-refractivity contribution >= 4 is 27.7 Å². The number of benzene rings is 2. The van der Waals surface area contributed by atoms with Gasteiger partial charge in [0.25, 0.3) is 0 Å². The van der Waals surface area contributed by atoms with Gasteiger partial charge in [-0.1, -0.05) is 35.9 Å². The molecule has 0 fully saturated rings. The molecule has 0 aliphatic carbocycles. The Bertz CT molecular complexity index is 1130. The molecule has 0 radical (unpaired) electrons. The number of thioether (sulfide) groups is 1. The first-order valence-electron chi connectivity index (χ1n) is 9.73. The fraction of sp³-hybridized carbons (Fsp3) is 0.273. The van der Waals surface area contributed by atoms with E-state index in [1.165, 1.54) is 11.8 Å². The first-order valence-corrected chi connectivity index (χ1v) is 11.4. The van der Waals surface area contributed by atoms with Gasteiger partial charge in [-0.25, -0.2) is 0 Å². The van der Waals surface area contributed by atoms with Crippen molar-refractivity contribution in [3.05, 3.63) is 68.4 Å². The number of ether oxygens (including phenoxy) is 2. The van der Waals surface area contributed by atoms with E-state index >= 15 is 0 Å². The maximum absolute atomic E-state index is 11.5. The van der Waals surface area contributed by atoms with Gasteiger partial charge in [0.1, 0.15) is 17.7 Å². The zero-order valence-electron chi connectivity index (χ0n) is 17.5. The average molecular weight is 517 g/mol. The molecule has 1 atom stereocenters. The highest BCUT2D eigenvalue weighted by atomic mass is 79.9. The van der Waals surface area contributed by atoms with Gasteiger partial charge in [-0.05, 0) is 59.6 Å². The molecule has 10 heteroatoms. The largest absolute Gasteiger partial charge is 0.490 e. The minimum absolute atomic E-state index is 0.0740. The van der Waals surface area contributed by atoms with Gasteiger partial charge in [-0.3, -0.25) is 14.7 Å². The van der Waals surface area contributed by atoms with E-state index in [1.54, 1.807) is 12.1 Å². The molecule has 0 aliphatic heterocycles. The molecule has 3 rings (SSSR count). The van der Waals surface area contributed by atoms with E-state index in [-0.39, 0.29) is 18.1 Å². The maximum atomic E-state index is 11.5. The lowest BCUT2D eigenvalue weighted by Crippen LogP contribution is -2.12. The molecule has 32 heavy (non-hydrogen) atoms. The van der Waals surface area contributed by atoms with Gasteiger partial charge < -0.3 is 9.47 Å². The molecule has 1 heterocycles. The number of hydrogen-bond donors (Lipinski definition) is 0. The van der Waals surface area contributed by atoms with Crippen molar-refractivity contribution in [1.82, 2.24) is 14.8 Å². The molecular formula is C22H21BrN4O4S. The first kappa shape index (κ1) is 23.6. The van der Waals surface area contributed by atoms with Gasteiger partial charge in [0, 0.05) is 10.6 Å². The summed E-state index contributed by atoms with van der Waals surface area (Å²) in [6.45, 7) is 3.85. The SMILES string of the molecule is C#CCOc1c(Br)cc([C@@H](C[N+](=O)[O-])Sc2nnc(C)n2-c2ccccc2)cc1OCC. The number of rotatable bonds is 10. The van der Waals surface area contributed by atoms with Gasteiger partial charge in [0.15, 0.2) is 16.7 Å². The Kier molecular flexibility index (Phi) is 8.14. The second kappa shape index (κ2) is 11.0. The number of halogens is 1. The number of nitro groups is 1. The van der Waals surface area contributed by atoms with Gasteiger partial charge in [0.2, 0.25) is 6.54 Å². The van der Waals surface area contributed by atoms with Crippen molar-refractivity contribution in [2.75, 3.05) is 19.8 Å². The summed E-state index contributed by atoms with van der Waals surface area (Å²) in [6.07, 6.45) is 5.31. The molecule has 166 valence electrons. The topological polar surface area (TPSA) is 92.3 Å². The third-order valence-corrected chi connectivity index (χ3v) is 6.15. The van der Waals surface area contributed by atoms with E-state index in [4.69, 9.17) is 15.9 Å². The average Bonchev–Trinajstić information content (AvgIpc) is 3.13. The van der Waals surface area contributed by atoms with Crippen LogP contribution in [0.2, 0.25) is 0 Å². The second-order valence-electron chi connectivity index (χ2n) is 6.58. The summed E-state index contributed by atoms with van der Waals surface area (Å²) in [5, 5.41) is 20.0. The van der Waals surface area contributed by atoms with Crippen LogP contribution in [0.4, 0.5) is 0 Å². The van der Waals surface area contributed by atoms with Crippen molar-refractivity contribution < 1.29 is 14.4 Å². The summed E-state index contributed by atoms with van der Waals surface area (Å²) in [6, 6.07) is 13.1. The molecule has 0 N–H and O–H groups in total. The summed E-state index contributed by atoms with van der Waals surface area (Å²) in [5.41, 5.74) is 1.57. The number of hydrogen-bond acceptors (Lipinski definition) is 7. The molecule has 8 nitrogen and oxygen atoms in total. The normalized spacial score (nSPS) is 11.6. The fourth-order valence-electron chi connectivity index (χ4n) is 3.06. The van der Waals surface area contributed by atoms with Crippen LogP contribution in [-0.2, 0) is 0 Å². The standard InChI is InChI=1S/C22H21BrN4O4S/c1-4-11-31-21-18(23)12-16(13-19(21)30-5-2)20(14-26(28)29)32-22-25-24-15(3)27(22)17-9-7-6-8-10-17/h1,6-10,12-13,20H,5,11,14H2,2-3H3/t20-/m1/s1. The lowest BCUT2D eigenvalue weighted by molar-refractivity contribution is -0.479. The lowest BCUT2D eigenvalue weighted by atomic mass is 10.1. The Morgan fingerprint density at radius 2 is 2.03 bits per heavy atom. The van der Waals surface area contributed by atoms with Crippen molar-refractivity contribution in [2.24, 2.45) is 0 Å². The molecule has 0 saturated heterocycles. The van der Waals surface area contributed by atoms with Gasteiger partial charge in [-0.2, -0.15) is 0 Å². The summed E-state index contributed by atoms with van der Waals surface area (Å²) in [5.74, 6) is 4.03. The van der Waals surface area contributed by atoms with Crippen LogP contribution in [-0.4, -0.2) is 39.4 Å². The van der Waals surface area contributed by atoms with Crippen molar-refractivity contribution in [3.8, 4) is 29.5 Å². The Morgan fingerprint density at radius 3 is 2.69 bits per heavy atom. The number of para-hydroxylation sites is 1. The Labute approximate surface area is 198 Å². The number of nitrogens with zero attached hydrogens (tertiary/aromatic N) is 4. The van der Waals surface area contributed by atoms with Crippen LogP contribution < -0.4 is 9.47 Å². The van der Waals surface area contributed by atoms with Crippen LogP contribution in [0.15, 0.2) is 52.1 Å². The highest BCUT2D eigenvalue weighted by Gasteiger charge is 2.26. The molecule has 0 unspecified atom stereocenters. The van der Waals surface area contributed by atoms with Crippen LogP contribution in [0.5, 0.6) is 11.5 Å². The van der Waals surface area contributed by atoms with Crippen LogP contribution >= 0.6 is 27.7 Å². The third-order valence-electron chi connectivity index (χ3n) is 4.38. The fourth-order valence-corrected chi connectivity index (χ4v) is 4.79. The smallest absolute Gasteiger partial charge is 0.220 e. The molecule has 0 aliphatic rings. The first-order chi connectivity index (χ1) is 15.4. The van der Waals surface area contributed by atoms with E-state index in [0.29, 0.717) is 39.1 Å². The molecule has 0 amide bonds. The van der Waals surface area contributed by atoms with E-state index in [1.807, 2.05) is 48.7 Å². The summed E-state index contributed by atoms with van der Waals surface area (Å²) >= 11 is 4.76. The van der Waals surface area contributed by atoms with Crippen LogP contribution in [0.25, 0.3) is 5.69 Å². The van der Waals surface area contributed by atoms with E-state index < -0.39 is 5.25 Å². The van der Waals surface area contributed by atoms with Crippen molar-refractivity contribution in [1.29, 1.82) is 0 Å². The second-order valence-corrected chi connectivity index (χ2v) is 8.60. The molecule has 0 saturated carbocycles. The number of terminal acetylenes is 1. The minimum atomic E-state index is -0.548. The minimum Gasteiger partial charge on any atom is -0.490 e. The molecule has 0 bridgehead atoms. The quantitative estimate of drug-likeness (QED) is 0.164. The summed E-state index contributed by atoms with van der Waals surface area (Å²) in [7, 11) is 0. The highest BCUT2D eigenvalue weighted by molar-refractivity contribution is 9.10. The monoisotopic (exact) mass is 516 g/mol. The Balaban J connectivity index is 2.02. The molecule has 3 aromatic rings. The van der Waals surface area contributed by atoms with Crippen molar-refractivity contribution in [2.45, 2.75) is 24.3 Å².